The summed E-state index contributed by atoms with van der Waals surface area (Å²) in [6.07, 6.45) is -2.13. The van der Waals surface area contributed by atoms with Gasteiger partial charge in [-0.05, 0) is 49.2 Å². The fraction of sp³-hybridized carbons (Fsp3) is 0.179. The van der Waals surface area contributed by atoms with Crippen molar-refractivity contribution in [3.8, 4) is 28.6 Å². The number of hydrogen-bond donors (Lipinski definition) is 1. The summed E-state index contributed by atoms with van der Waals surface area (Å²) in [7, 11) is 0. The van der Waals surface area contributed by atoms with Crippen LogP contribution in [0.4, 0.5) is 13.2 Å². The fourth-order valence-corrected chi connectivity index (χ4v) is 4.99. The Bertz CT molecular complexity index is 1680. The first kappa shape index (κ1) is 26.2. The summed E-state index contributed by atoms with van der Waals surface area (Å²) in [5, 5.41) is 14.2. The predicted molar refractivity (Wildman–Crippen MR) is 140 cm³/mol. The van der Waals surface area contributed by atoms with Gasteiger partial charge in [0.05, 0.1) is 26.7 Å². The average Bonchev–Trinajstić information content (AvgIpc) is 3.69. The summed E-state index contributed by atoms with van der Waals surface area (Å²) >= 11 is 12.8. The van der Waals surface area contributed by atoms with Crippen LogP contribution in [0, 0.1) is 0 Å². The van der Waals surface area contributed by atoms with Crippen molar-refractivity contribution in [1.29, 1.82) is 0 Å². The monoisotopic (exact) mass is 588 g/mol. The number of benzene rings is 2. The Kier molecular flexibility index (Phi) is 6.47. The Balaban J connectivity index is 1.37. The number of pyridine rings is 1. The van der Waals surface area contributed by atoms with Gasteiger partial charge < -0.3 is 19.1 Å². The molecule has 2 aromatic heterocycles. The number of hydrogen-bond acceptors (Lipinski definition) is 6. The molecule has 3 heterocycles. The lowest BCUT2D eigenvalue weighted by Crippen LogP contribution is -2.12. The normalized spacial score (nSPS) is 14.5. The van der Waals surface area contributed by atoms with Crippen molar-refractivity contribution < 1.29 is 37.1 Å². The Labute approximate surface area is 234 Å². The predicted octanol–water partition coefficient (Wildman–Crippen LogP) is 8.41. The second kappa shape index (κ2) is 9.87. The lowest BCUT2D eigenvalue weighted by molar-refractivity contribution is -0.0686. The van der Waals surface area contributed by atoms with E-state index < -0.39 is 23.4 Å². The minimum atomic E-state index is -4.79. The lowest BCUT2D eigenvalue weighted by Gasteiger charge is -2.15. The molecule has 204 valence electrons. The van der Waals surface area contributed by atoms with Gasteiger partial charge in [-0.3, -0.25) is 0 Å². The molecule has 1 aliphatic carbocycles. The number of carbonyl (C=O) groups is 1. The maximum absolute atomic E-state index is 14.2. The van der Waals surface area contributed by atoms with E-state index in [1.54, 1.807) is 18.2 Å². The molecule has 12 heteroatoms. The van der Waals surface area contributed by atoms with E-state index in [2.05, 4.69) is 10.1 Å². The zero-order chi connectivity index (χ0) is 28.2. The molecule has 1 saturated carbocycles. The molecule has 1 aliphatic heterocycles. The topological polar surface area (TPSA) is 94.7 Å². The van der Waals surface area contributed by atoms with Crippen molar-refractivity contribution in [1.82, 2.24) is 10.1 Å². The second-order valence-corrected chi connectivity index (χ2v) is 10.1. The third-order valence-corrected chi connectivity index (χ3v) is 7.13. The summed E-state index contributed by atoms with van der Waals surface area (Å²) in [4.78, 5) is 15.5. The highest BCUT2D eigenvalue weighted by molar-refractivity contribution is 6.39. The number of fused-ring (bicyclic) bond motifs is 2. The summed E-state index contributed by atoms with van der Waals surface area (Å²) in [5.41, 5.74) is -0.225. The fourth-order valence-electron chi connectivity index (χ4n) is 4.41. The van der Waals surface area contributed by atoms with Crippen LogP contribution < -0.4 is 9.47 Å². The molecule has 1 fully saturated rings. The summed E-state index contributed by atoms with van der Waals surface area (Å²) < 4.78 is 59.7. The van der Waals surface area contributed by atoms with Crippen molar-refractivity contribution in [2.24, 2.45) is 0 Å². The molecule has 0 spiro atoms. The maximum atomic E-state index is 14.2. The van der Waals surface area contributed by atoms with Gasteiger partial charge in [0.2, 0.25) is 5.88 Å². The number of rotatable bonds is 6. The number of alkyl halides is 3. The number of nitrogens with zero attached hydrogens (tertiary/aromatic N) is 2. The molecule has 0 amide bonds. The number of carboxylic acids is 1. The summed E-state index contributed by atoms with van der Waals surface area (Å²) in [5.74, 6) is -0.850. The van der Waals surface area contributed by atoms with E-state index in [1.165, 1.54) is 24.3 Å². The lowest BCUT2D eigenvalue weighted by atomic mass is 10.0. The first-order chi connectivity index (χ1) is 19.1. The Morgan fingerprint density at radius 3 is 2.48 bits per heavy atom. The number of aromatic carboxylic acids is 1. The van der Waals surface area contributed by atoms with E-state index >= 15 is 0 Å². The highest BCUT2D eigenvalue weighted by atomic mass is 35.5. The Morgan fingerprint density at radius 2 is 1.80 bits per heavy atom. The molecule has 0 saturated heterocycles. The van der Waals surface area contributed by atoms with Crippen LogP contribution in [0.3, 0.4) is 0 Å². The van der Waals surface area contributed by atoms with E-state index in [-0.39, 0.29) is 41.0 Å². The van der Waals surface area contributed by atoms with Crippen LogP contribution in [-0.2, 0) is 6.61 Å². The van der Waals surface area contributed by atoms with Gasteiger partial charge in [-0.2, -0.15) is 13.2 Å². The molecule has 2 aliphatic rings. The van der Waals surface area contributed by atoms with Crippen LogP contribution in [0.15, 0.2) is 53.1 Å². The van der Waals surface area contributed by atoms with E-state index in [4.69, 9.17) is 37.2 Å². The van der Waals surface area contributed by atoms with E-state index in [0.29, 0.717) is 32.6 Å². The smallest absolute Gasteiger partial charge is 0.418 e. The van der Waals surface area contributed by atoms with E-state index in [1.807, 2.05) is 0 Å². The van der Waals surface area contributed by atoms with Crippen LogP contribution >= 0.6 is 23.2 Å². The highest BCUT2D eigenvalue weighted by Gasteiger charge is 2.39. The van der Waals surface area contributed by atoms with E-state index in [0.717, 1.165) is 25.0 Å². The SMILES string of the molecule is O=C(O)c1ccc2c(c1)Oc1ccc(OCc3c(-c4c(Cl)cccc4Cl)noc3C3CC3)nc1C(C(F)(F)F)=C2. The molecule has 0 unspecified atom stereocenters. The first-order valence-electron chi connectivity index (χ1n) is 12.0. The number of allylic oxidation sites excluding steroid dienone is 1. The molecule has 0 bridgehead atoms. The zero-order valence-corrected chi connectivity index (χ0v) is 21.8. The molecule has 6 rings (SSSR count). The van der Waals surface area contributed by atoms with Crippen molar-refractivity contribution in [3.05, 3.63) is 86.7 Å². The molecular formula is C28H17Cl2F3N2O5. The van der Waals surface area contributed by atoms with Crippen LogP contribution in [0.1, 0.15) is 51.7 Å². The van der Waals surface area contributed by atoms with Crippen LogP contribution in [0.25, 0.3) is 22.9 Å². The van der Waals surface area contributed by atoms with Crippen molar-refractivity contribution >= 4 is 40.8 Å². The largest absolute Gasteiger partial charge is 0.478 e. The molecule has 0 radical (unpaired) electrons. The number of carboxylic acid groups (broad SMARTS) is 1. The minimum absolute atomic E-state index is 0.0457. The van der Waals surface area contributed by atoms with Gasteiger partial charge in [-0.25, -0.2) is 9.78 Å². The molecule has 0 atom stereocenters. The molecular weight excluding hydrogens is 572 g/mol. The van der Waals surface area contributed by atoms with Gasteiger partial charge in [-0.15, -0.1) is 0 Å². The molecule has 7 nitrogen and oxygen atoms in total. The molecule has 2 aromatic carbocycles. The van der Waals surface area contributed by atoms with Gasteiger partial charge in [0.1, 0.15) is 29.5 Å². The summed E-state index contributed by atoms with van der Waals surface area (Å²) in [6, 6.07) is 11.3. The number of aromatic nitrogens is 2. The Morgan fingerprint density at radius 1 is 1.05 bits per heavy atom. The summed E-state index contributed by atoms with van der Waals surface area (Å²) in [6.45, 7) is -0.119. The molecule has 1 N–H and O–H groups in total. The quantitative estimate of drug-likeness (QED) is 0.241. The third kappa shape index (κ3) is 4.89. The molecule has 40 heavy (non-hydrogen) atoms. The highest BCUT2D eigenvalue weighted by Crippen LogP contribution is 2.47. The molecule has 4 aromatic rings. The van der Waals surface area contributed by atoms with Crippen LogP contribution in [0.2, 0.25) is 10.0 Å². The average molecular weight is 589 g/mol. The first-order valence-corrected chi connectivity index (χ1v) is 12.8. The number of ether oxygens (including phenoxy) is 2. The zero-order valence-electron chi connectivity index (χ0n) is 20.3. The Hall–Kier alpha value is -4.02. The van der Waals surface area contributed by atoms with E-state index in [9.17, 15) is 23.1 Å². The van der Waals surface area contributed by atoms with Gasteiger partial charge >= 0.3 is 12.1 Å². The van der Waals surface area contributed by atoms with Gasteiger partial charge in [0.25, 0.3) is 0 Å². The van der Waals surface area contributed by atoms with Crippen molar-refractivity contribution in [2.75, 3.05) is 0 Å². The maximum Gasteiger partial charge on any atom is 0.418 e. The van der Waals surface area contributed by atoms with Crippen LogP contribution in [0.5, 0.6) is 17.4 Å². The standard InChI is InChI=1S/C28H17Cl2F3N2O5/c29-18-2-1-3-19(30)23(18)24-16(26(40-35-24)13-4-5-13)12-38-22-9-8-20-25(34-22)17(28(31,32)33)10-14-6-7-15(27(36)37)11-21(14)39-20/h1-3,6-11,13H,4-5,12H2,(H,36,37). The van der Waals surface area contributed by atoms with Crippen LogP contribution in [-0.4, -0.2) is 27.4 Å². The van der Waals surface area contributed by atoms with Gasteiger partial charge in [-0.1, -0.05) is 40.5 Å². The second-order valence-electron chi connectivity index (χ2n) is 9.25. The van der Waals surface area contributed by atoms with Gasteiger partial charge in [0, 0.05) is 23.1 Å². The van der Waals surface area contributed by atoms with Crippen molar-refractivity contribution in [2.45, 2.75) is 31.5 Å². The van der Waals surface area contributed by atoms with Gasteiger partial charge in [0.15, 0.2) is 5.75 Å². The van der Waals surface area contributed by atoms with Crippen molar-refractivity contribution in [3.63, 3.8) is 0 Å². The third-order valence-electron chi connectivity index (χ3n) is 6.50. The number of halogens is 5. The minimum Gasteiger partial charge on any atom is -0.478 e.